The first-order valence-electron chi connectivity index (χ1n) is 6.10. The first-order chi connectivity index (χ1) is 7.99. The normalized spacial score (nSPS) is 12.6. The summed E-state index contributed by atoms with van der Waals surface area (Å²) in [6, 6.07) is 0. The maximum absolute atomic E-state index is 11.9. The zero-order chi connectivity index (χ0) is 14.6. The zero-order valence-electron chi connectivity index (χ0n) is 12.1. The van der Waals surface area contributed by atoms with Gasteiger partial charge in [0.05, 0.1) is 22.9 Å². The lowest BCUT2D eigenvalue weighted by Gasteiger charge is -2.26. The van der Waals surface area contributed by atoms with E-state index in [1.165, 1.54) is 0 Å². The van der Waals surface area contributed by atoms with E-state index in [4.69, 9.17) is 9.29 Å². The van der Waals surface area contributed by atoms with Gasteiger partial charge in [-0.25, -0.2) is 0 Å². The fourth-order valence-corrected chi connectivity index (χ4v) is 1.59. The molecule has 0 atom stereocenters. The molecule has 0 aromatic rings. The van der Waals surface area contributed by atoms with E-state index in [1.54, 1.807) is 27.7 Å². The Morgan fingerprint density at radius 3 is 1.94 bits per heavy atom. The third kappa shape index (κ3) is 5.76. The van der Waals surface area contributed by atoms with Crippen molar-refractivity contribution in [2.24, 2.45) is 10.8 Å². The highest BCUT2D eigenvalue weighted by atomic mass is 32.2. The van der Waals surface area contributed by atoms with Gasteiger partial charge in [-0.15, -0.1) is 0 Å². The molecule has 0 radical (unpaired) electrons. The Kier molecular flexibility index (Phi) is 6.20. The third-order valence-electron chi connectivity index (χ3n) is 2.82. The van der Waals surface area contributed by atoms with E-state index in [2.05, 4.69) is 0 Å². The van der Waals surface area contributed by atoms with Gasteiger partial charge in [-0.3, -0.25) is 9.59 Å². The van der Waals surface area contributed by atoms with Crippen molar-refractivity contribution < 1.29 is 18.9 Å². The van der Waals surface area contributed by atoms with Gasteiger partial charge in [-0.05, 0) is 40.5 Å². The van der Waals surface area contributed by atoms with Crippen LogP contribution in [0, 0.1) is 10.8 Å². The number of hydrogen-bond acceptors (Lipinski definition) is 4. The van der Waals surface area contributed by atoms with Crippen LogP contribution in [0.3, 0.4) is 0 Å². The van der Waals surface area contributed by atoms with E-state index >= 15 is 0 Å². The van der Waals surface area contributed by atoms with Crippen LogP contribution < -0.4 is 0 Å². The van der Waals surface area contributed by atoms with Gasteiger partial charge in [0.25, 0.3) is 0 Å². The van der Waals surface area contributed by atoms with E-state index in [-0.39, 0.29) is 11.2 Å². The van der Waals surface area contributed by atoms with Gasteiger partial charge in [0, 0.05) is 5.25 Å². The lowest BCUT2D eigenvalue weighted by Crippen LogP contribution is -2.30. The summed E-state index contributed by atoms with van der Waals surface area (Å²) in [5.74, 6) is -1.13. The molecule has 0 saturated heterocycles. The summed E-state index contributed by atoms with van der Waals surface area (Å²) >= 11 is 1.14. The number of aliphatic carboxylic acids is 1. The summed E-state index contributed by atoms with van der Waals surface area (Å²) in [6.45, 7) is 10.8. The van der Waals surface area contributed by atoms with Crippen LogP contribution in [0.5, 0.6) is 0 Å². The van der Waals surface area contributed by atoms with Crippen molar-refractivity contribution >= 4 is 24.0 Å². The molecule has 0 aromatic heterocycles. The van der Waals surface area contributed by atoms with Crippen LogP contribution in [0.15, 0.2) is 0 Å². The molecule has 0 rings (SSSR count). The van der Waals surface area contributed by atoms with Crippen LogP contribution in [0.1, 0.15) is 54.4 Å². The summed E-state index contributed by atoms with van der Waals surface area (Å²) in [5, 5.41) is 9.25. The quantitative estimate of drug-likeness (QED) is 0.721. The second-order valence-electron chi connectivity index (χ2n) is 6.09. The molecule has 5 heteroatoms. The fourth-order valence-electron chi connectivity index (χ4n) is 1.09. The van der Waals surface area contributed by atoms with Crippen molar-refractivity contribution in [1.29, 1.82) is 0 Å². The lowest BCUT2D eigenvalue weighted by molar-refractivity contribution is -0.149. The van der Waals surface area contributed by atoms with Gasteiger partial charge in [0.1, 0.15) is 0 Å². The van der Waals surface area contributed by atoms with Crippen molar-refractivity contribution in [3.63, 3.8) is 0 Å². The minimum absolute atomic E-state index is 0.222. The van der Waals surface area contributed by atoms with Gasteiger partial charge in [-0.2, -0.15) is 0 Å². The number of carbonyl (C=O) groups excluding carboxylic acids is 1. The summed E-state index contributed by atoms with van der Waals surface area (Å²) in [5.41, 5.74) is -1.47. The first-order valence-corrected chi connectivity index (χ1v) is 6.90. The Morgan fingerprint density at radius 1 is 1.11 bits per heavy atom. The highest BCUT2D eigenvalue weighted by Gasteiger charge is 2.35. The molecule has 4 nitrogen and oxygen atoms in total. The highest BCUT2D eigenvalue weighted by molar-refractivity contribution is 7.95. The number of carboxylic acid groups (broad SMARTS) is 1. The average Bonchev–Trinajstić information content (AvgIpc) is 2.23. The predicted octanol–water partition coefficient (Wildman–Crippen LogP) is 3.50. The van der Waals surface area contributed by atoms with E-state index in [0.717, 1.165) is 12.0 Å². The molecule has 1 N–H and O–H groups in total. The Balaban J connectivity index is 4.38. The molecule has 0 aromatic carbocycles. The maximum atomic E-state index is 11.9. The topological polar surface area (TPSA) is 63.6 Å². The van der Waals surface area contributed by atoms with Gasteiger partial charge in [0.2, 0.25) is 0 Å². The number of carbonyl (C=O) groups is 2. The summed E-state index contributed by atoms with van der Waals surface area (Å²) in [7, 11) is 0. The highest BCUT2D eigenvalue weighted by Crippen LogP contribution is 2.33. The molecule has 0 aliphatic heterocycles. The second kappa shape index (κ2) is 6.45. The van der Waals surface area contributed by atoms with Gasteiger partial charge in [0.15, 0.2) is 0 Å². The van der Waals surface area contributed by atoms with Crippen LogP contribution in [0.25, 0.3) is 0 Å². The second-order valence-corrected chi connectivity index (χ2v) is 7.39. The standard InChI is InChI=1S/C13H24O4S/c1-9(2)18-17-11(16)13(5,6)8-7-12(3,4)10(14)15/h9H,7-8H2,1-6H3,(H,14,15). The molecule has 0 bridgehead atoms. The SMILES string of the molecule is CC(C)SOC(=O)C(C)(C)CCC(C)(C)C(=O)O. The Labute approximate surface area is 114 Å². The number of hydrogen-bond donors (Lipinski definition) is 1. The van der Waals surface area contributed by atoms with Crippen LogP contribution in [0.2, 0.25) is 0 Å². The van der Waals surface area contributed by atoms with E-state index in [0.29, 0.717) is 12.8 Å². The molecule has 0 unspecified atom stereocenters. The molecule has 106 valence electrons. The number of carboxylic acids is 1. The van der Waals surface area contributed by atoms with Gasteiger partial charge < -0.3 is 9.29 Å². The molecule has 0 heterocycles. The molecule has 0 spiro atoms. The van der Waals surface area contributed by atoms with E-state index in [9.17, 15) is 9.59 Å². The first kappa shape index (κ1) is 17.3. The summed E-state index contributed by atoms with van der Waals surface area (Å²) < 4.78 is 5.12. The molecule has 0 aliphatic rings. The molecule has 0 saturated carbocycles. The van der Waals surface area contributed by atoms with Crippen LogP contribution in [-0.4, -0.2) is 22.3 Å². The minimum Gasteiger partial charge on any atom is -0.481 e. The average molecular weight is 276 g/mol. The maximum Gasteiger partial charge on any atom is 0.323 e. The zero-order valence-corrected chi connectivity index (χ0v) is 12.9. The van der Waals surface area contributed by atoms with Crippen LogP contribution in [-0.2, 0) is 13.8 Å². The molecule has 0 fully saturated rings. The minimum atomic E-state index is -0.844. The summed E-state index contributed by atoms with van der Waals surface area (Å²) in [6.07, 6.45) is 0.931. The van der Waals surface area contributed by atoms with Crippen molar-refractivity contribution in [1.82, 2.24) is 0 Å². The largest absolute Gasteiger partial charge is 0.481 e. The molecular weight excluding hydrogens is 252 g/mol. The van der Waals surface area contributed by atoms with Crippen LogP contribution in [0.4, 0.5) is 0 Å². The van der Waals surface area contributed by atoms with Crippen molar-refractivity contribution in [2.45, 2.75) is 59.6 Å². The Hall–Kier alpha value is -0.710. The monoisotopic (exact) mass is 276 g/mol. The number of rotatable bonds is 7. The lowest BCUT2D eigenvalue weighted by atomic mass is 9.79. The van der Waals surface area contributed by atoms with E-state index < -0.39 is 16.8 Å². The Bertz CT molecular complexity index is 308. The summed E-state index contributed by atoms with van der Waals surface area (Å²) in [4.78, 5) is 22.9. The third-order valence-corrected chi connectivity index (χ3v) is 3.46. The predicted molar refractivity (Wildman–Crippen MR) is 73.3 cm³/mol. The van der Waals surface area contributed by atoms with Crippen LogP contribution >= 0.6 is 12.0 Å². The molecular formula is C13H24O4S. The van der Waals surface area contributed by atoms with Gasteiger partial charge in [-0.1, -0.05) is 13.8 Å². The van der Waals surface area contributed by atoms with Crippen molar-refractivity contribution in [3.05, 3.63) is 0 Å². The van der Waals surface area contributed by atoms with Gasteiger partial charge >= 0.3 is 11.9 Å². The molecule has 18 heavy (non-hydrogen) atoms. The van der Waals surface area contributed by atoms with Crippen molar-refractivity contribution in [2.75, 3.05) is 0 Å². The fraction of sp³-hybridized carbons (Fsp3) is 0.846. The Morgan fingerprint density at radius 2 is 1.56 bits per heavy atom. The van der Waals surface area contributed by atoms with Crippen molar-refractivity contribution in [3.8, 4) is 0 Å². The molecule has 0 aliphatic carbocycles. The smallest absolute Gasteiger partial charge is 0.323 e. The molecule has 0 amide bonds. The van der Waals surface area contributed by atoms with E-state index in [1.807, 2.05) is 13.8 Å².